The van der Waals surface area contributed by atoms with Gasteiger partial charge in [0.1, 0.15) is 6.29 Å². The minimum absolute atomic E-state index is 0.299. The molecule has 17 heavy (non-hydrogen) atoms. The summed E-state index contributed by atoms with van der Waals surface area (Å²) in [7, 11) is 0. The molecule has 1 rings (SSSR count). The molecule has 0 aliphatic rings. The van der Waals surface area contributed by atoms with E-state index in [0.717, 1.165) is 23.6 Å². The number of carboxylic acid groups (broad SMARTS) is 1. The molecule has 2 N–H and O–H groups in total. The number of carboxylic acids is 1. The zero-order chi connectivity index (χ0) is 12.8. The number of hydrogen-bond donors (Lipinski definition) is 2. The van der Waals surface area contributed by atoms with Crippen molar-refractivity contribution in [2.75, 3.05) is 5.33 Å². The summed E-state index contributed by atoms with van der Waals surface area (Å²) in [6.45, 7) is 0. The molecule has 0 aliphatic carbocycles. The van der Waals surface area contributed by atoms with Crippen LogP contribution in [0.5, 0.6) is 0 Å². The minimum Gasteiger partial charge on any atom is -0.479 e. The van der Waals surface area contributed by atoms with Crippen LogP contribution in [0.4, 0.5) is 0 Å². The second kappa shape index (κ2) is 6.51. The fourth-order valence-corrected chi connectivity index (χ4v) is 1.81. The molecule has 0 aromatic heterocycles. The van der Waals surface area contributed by atoms with Gasteiger partial charge in [0.2, 0.25) is 0 Å². The Morgan fingerprint density at radius 1 is 1.47 bits per heavy atom. The highest BCUT2D eigenvalue weighted by molar-refractivity contribution is 9.09. The van der Waals surface area contributed by atoms with E-state index in [1.165, 1.54) is 12.1 Å². The second-order valence-electron chi connectivity index (χ2n) is 3.61. The van der Waals surface area contributed by atoms with Gasteiger partial charge >= 0.3 is 5.97 Å². The summed E-state index contributed by atoms with van der Waals surface area (Å²) in [6.07, 6.45) is 0.700. The Labute approximate surface area is 107 Å². The lowest BCUT2D eigenvalue weighted by Gasteiger charge is -2.10. The van der Waals surface area contributed by atoms with Gasteiger partial charge < -0.3 is 10.2 Å². The number of aldehydes is 1. The molecule has 5 heteroatoms. The van der Waals surface area contributed by atoms with Crippen molar-refractivity contribution in [2.24, 2.45) is 0 Å². The van der Waals surface area contributed by atoms with E-state index in [2.05, 4.69) is 15.9 Å². The fraction of sp³-hybridized carbons (Fsp3) is 0.333. The third kappa shape index (κ3) is 3.64. The third-order valence-electron chi connectivity index (χ3n) is 2.42. The summed E-state index contributed by atoms with van der Waals surface area (Å²) in [5.74, 6) is -1.30. The van der Waals surface area contributed by atoms with E-state index in [4.69, 9.17) is 5.11 Å². The summed E-state index contributed by atoms with van der Waals surface area (Å²) >= 11 is 3.29. The largest absolute Gasteiger partial charge is 0.479 e. The maximum Gasteiger partial charge on any atom is 0.337 e. The summed E-state index contributed by atoms with van der Waals surface area (Å²) in [4.78, 5) is 21.5. The van der Waals surface area contributed by atoms with Crippen LogP contribution in [-0.2, 0) is 11.2 Å². The van der Waals surface area contributed by atoms with Crippen molar-refractivity contribution in [3.05, 3.63) is 34.9 Å². The van der Waals surface area contributed by atoms with Crippen LogP contribution < -0.4 is 0 Å². The number of alkyl halides is 1. The minimum atomic E-state index is -1.54. The predicted molar refractivity (Wildman–Crippen MR) is 66.5 cm³/mol. The summed E-state index contributed by atoms with van der Waals surface area (Å²) in [6, 6.07) is 4.57. The van der Waals surface area contributed by atoms with Gasteiger partial charge in [0, 0.05) is 10.9 Å². The molecule has 0 saturated heterocycles. The van der Waals surface area contributed by atoms with E-state index in [9.17, 15) is 14.7 Å². The SMILES string of the molecule is O=Cc1ccc(C(O)C(=O)O)cc1CCCBr. The van der Waals surface area contributed by atoms with E-state index in [1.54, 1.807) is 6.07 Å². The molecule has 0 bridgehead atoms. The number of aliphatic hydroxyl groups is 1. The fourth-order valence-electron chi connectivity index (χ4n) is 1.53. The number of halogens is 1. The van der Waals surface area contributed by atoms with Gasteiger partial charge in [0.25, 0.3) is 0 Å². The highest BCUT2D eigenvalue weighted by Gasteiger charge is 2.17. The van der Waals surface area contributed by atoms with Crippen LogP contribution in [-0.4, -0.2) is 27.8 Å². The van der Waals surface area contributed by atoms with E-state index in [1.807, 2.05) is 0 Å². The maximum absolute atomic E-state index is 10.8. The van der Waals surface area contributed by atoms with Gasteiger partial charge in [-0.05, 0) is 24.0 Å². The van der Waals surface area contributed by atoms with Gasteiger partial charge in [-0.25, -0.2) is 4.79 Å². The van der Waals surface area contributed by atoms with Crippen molar-refractivity contribution in [3.8, 4) is 0 Å². The number of hydrogen-bond acceptors (Lipinski definition) is 3. The molecule has 1 aromatic carbocycles. The lowest BCUT2D eigenvalue weighted by molar-refractivity contribution is -0.146. The highest BCUT2D eigenvalue weighted by atomic mass is 79.9. The lowest BCUT2D eigenvalue weighted by Crippen LogP contribution is -2.11. The number of carbonyl (C=O) groups excluding carboxylic acids is 1. The number of aliphatic hydroxyl groups excluding tert-OH is 1. The average molecular weight is 301 g/mol. The van der Waals surface area contributed by atoms with Crippen LogP contribution in [0.1, 0.15) is 34.0 Å². The zero-order valence-electron chi connectivity index (χ0n) is 9.10. The topological polar surface area (TPSA) is 74.6 Å². The van der Waals surface area contributed by atoms with E-state index in [-0.39, 0.29) is 0 Å². The van der Waals surface area contributed by atoms with Crippen molar-refractivity contribution >= 4 is 28.2 Å². The molecule has 92 valence electrons. The van der Waals surface area contributed by atoms with E-state index >= 15 is 0 Å². The summed E-state index contributed by atoms with van der Waals surface area (Å²) in [5.41, 5.74) is 1.59. The van der Waals surface area contributed by atoms with Crippen LogP contribution >= 0.6 is 15.9 Å². The van der Waals surface area contributed by atoms with Crippen LogP contribution in [0, 0.1) is 0 Å². The number of benzene rings is 1. The Morgan fingerprint density at radius 2 is 2.18 bits per heavy atom. The highest BCUT2D eigenvalue weighted by Crippen LogP contribution is 2.19. The van der Waals surface area contributed by atoms with Crippen molar-refractivity contribution in [3.63, 3.8) is 0 Å². The molecule has 1 atom stereocenters. The number of carbonyl (C=O) groups is 2. The molecule has 0 spiro atoms. The summed E-state index contributed by atoms with van der Waals surface area (Å²) < 4.78 is 0. The quantitative estimate of drug-likeness (QED) is 0.622. The first kappa shape index (κ1) is 13.9. The Balaban J connectivity index is 3.03. The van der Waals surface area contributed by atoms with Crippen molar-refractivity contribution in [1.82, 2.24) is 0 Å². The Morgan fingerprint density at radius 3 is 2.71 bits per heavy atom. The normalized spacial score (nSPS) is 12.1. The average Bonchev–Trinajstić information content (AvgIpc) is 2.34. The number of aryl methyl sites for hydroxylation is 1. The lowest BCUT2D eigenvalue weighted by atomic mass is 9.98. The van der Waals surface area contributed by atoms with Gasteiger partial charge in [-0.15, -0.1) is 0 Å². The Hall–Kier alpha value is -1.20. The van der Waals surface area contributed by atoms with Gasteiger partial charge in [-0.2, -0.15) is 0 Å². The summed E-state index contributed by atoms with van der Waals surface area (Å²) in [5, 5.41) is 18.9. The standard InChI is InChI=1S/C12H13BrO4/c13-5-1-2-8-6-9(11(15)12(16)17)3-4-10(8)7-14/h3-4,6-7,11,15H,1-2,5H2,(H,16,17). The molecule has 0 fully saturated rings. The molecule has 0 saturated carbocycles. The van der Waals surface area contributed by atoms with Crippen LogP contribution in [0.15, 0.2) is 18.2 Å². The van der Waals surface area contributed by atoms with Crippen LogP contribution in [0.3, 0.4) is 0 Å². The first-order valence-corrected chi connectivity index (χ1v) is 6.27. The molecule has 0 radical (unpaired) electrons. The number of rotatable bonds is 6. The predicted octanol–water partition coefficient (Wildman–Crippen LogP) is 1.94. The zero-order valence-corrected chi connectivity index (χ0v) is 10.7. The molecule has 0 aliphatic heterocycles. The Bertz CT molecular complexity index is 417. The van der Waals surface area contributed by atoms with Crippen LogP contribution in [0.25, 0.3) is 0 Å². The smallest absolute Gasteiger partial charge is 0.337 e. The third-order valence-corrected chi connectivity index (χ3v) is 2.98. The first-order valence-electron chi connectivity index (χ1n) is 5.15. The van der Waals surface area contributed by atoms with Crippen molar-refractivity contribution in [1.29, 1.82) is 0 Å². The van der Waals surface area contributed by atoms with E-state index < -0.39 is 12.1 Å². The molecule has 4 nitrogen and oxygen atoms in total. The number of aliphatic carboxylic acids is 1. The van der Waals surface area contributed by atoms with Gasteiger partial charge in [-0.3, -0.25) is 4.79 Å². The Kier molecular flexibility index (Phi) is 5.31. The second-order valence-corrected chi connectivity index (χ2v) is 4.40. The monoisotopic (exact) mass is 300 g/mol. The van der Waals surface area contributed by atoms with Gasteiger partial charge in [0.05, 0.1) is 0 Å². The van der Waals surface area contributed by atoms with Gasteiger partial charge in [-0.1, -0.05) is 34.1 Å². The first-order chi connectivity index (χ1) is 8.10. The van der Waals surface area contributed by atoms with E-state index in [0.29, 0.717) is 17.5 Å². The molecule has 0 heterocycles. The van der Waals surface area contributed by atoms with Gasteiger partial charge in [0.15, 0.2) is 6.10 Å². The molecule has 0 amide bonds. The molecular weight excluding hydrogens is 288 g/mol. The maximum atomic E-state index is 10.8. The molecular formula is C12H13BrO4. The van der Waals surface area contributed by atoms with Crippen LogP contribution in [0.2, 0.25) is 0 Å². The van der Waals surface area contributed by atoms with Crippen molar-refractivity contribution in [2.45, 2.75) is 18.9 Å². The molecule has 1 aromatic rings. The van der Waals surface area contributed by atoms with Crippen molar-refractivity contribution < 1.29 is 19.8 Å². The molecule has 1 unspecified atom stereocenters.